The lowest BCUT2D eigenvalue weighted by Gasteiger charge is -2.03. The number of benzene rings is 1. The van der Waals surface area contributed by atoms with Gasteiger partial charge in [-0.25, -0.2) is 10.1 Å². The number of nitrogens with one attached hydrogen (secondary N) is 1. The molecule has 4 N–H and O–H groups in total. The second-order valence-corrected chi connectivity index (χ2v) is 5.11. The molecular weight excluding hydrogens is 362 g/mol. The van der Waals surface area contributed by atoms with E-state index in [2.05, 4.69) is 35.8 Å². The fraction of sp³-hybridized carbons (Fsp3) is 0.0769. The van der Waals surface area contributed by atoms with Crippen LogP contribution in [0.4, 0.5) is 11.5 Å². The smallest absolute Gasteiger partial charge is 0.292 e. The summed E-state index contributed by atoms with van der Waals surface area (Å²) in [5.74, 6) is -1.09. The molecule has 3 rings (SSSR count). The molecular formula is C13H11N9O5. The average molecular weight is 373 g/mol. The number of phenolic OH excluding ortho intramolecular Hbond substituents is 1. The summed E-state index contributed by atoms with van der Waals surface area (Å²) in [5.41, 5.74) is 7.80. The summed E-state index contributed by atoms with van der Waals surface area (Å²) in [4.78, 5) is 22.5. The summed E-state index contributed by atoms with van der Waals surface area (Å²) in [6.07, 6.45) is 1.05. The number of aromatic hydroxyl groups is 1. The first-order chi connectivity index (χ1) is 12.9. The first-order valence-electron chi connectivity index (χ1n) is 7.20. The second kappa shape index (κ2) is 6.87. The van der Waals surface area contributed by atoms with Gasteiger partial charge in [-0.3, -0.25) is 14.9 Å². The molecule has 0 aliphatic heterocycles. The number of rotatable bonds is 5. The highest BCUT2D eigenvalue weighted by molar-refractivity contribution is 5.95. The van der Waals surface area contributed by atoms with E-state index in [4.69, 9.17) is 5.73 Å². The van der Waals surface area contributed by atoms with E-state index in [-0.39, 0.29) is 40.0 Å². The van der Waals surface area contributed by atoms with Gasteiger partial charge in [0.2, 0.25) is 11.6 Å². The van der Waals surface area contributed by atoms with Crippen molar-refractivity contribution in [3.8, 4) is 11.6 Å². The minimum Gasteiger partial charge on any atom is -0.507 e. The van der Waals surface area contributed by atoms with Crippen LogP contribution in [0, 0.1) is 17.0 Å². The summed E-state index contributed by atoms with van der Waals surface area (Å²) in [5, 5.41) is 38.6. The van der Waals surface area contributed by atoms with Gasteiger partial charge in [0.1, 0.15) is 5.75 Å². The van der Waals surface area contributed by atoms with Crippen LogP contribution in [0.1, 0.15) is 21.7 Å². The van der Waals surface area contributed by atoms with Gasteiger partial charge in [0.15, 0.2) is 5.69 Å². The van der Waals surface area contributed by atoms with E-state index in [0.29, 0.717) is 0 Å². The summed E-state index contributed by atoms with van der Waals surface area (Å²) in [7, 11) is 0. The predicted octanol–water partition coefficient (Wildman–Crippen LogP) is -0.0814. The van der Waals surface area contributed by atoms with Crippen molar-refractivity contribution in [2.24, 2.45) is 5.10 Å². The van der Waals surface area contributed by atoms with Crippen molar-refractivity contribution >= 4 is 23.6 Å². The number of hydrogen-bond donors (Lipinski definition) is 3. The van der Waals surface area contributed by atoms with Crippen LogP contribution in [0.2, 0.25) is 0 Å². The molecule has 0 aliphatic rings. The molecule has 0 saturated heterocycles. The van der Waals surface area contributed by atoms with E-state index in [0.717, 1.165) is 29.1 Å². The molecule has 0 saturated carbocycles. The van der Waals surface area contributed by atoms with Crippen molar-refractivity contribution in [3.05, 3.63) is 45.3 Å². The molecule has 0 unspecified atom stereocenters. The number of anilines is 1. The van der Waals surface area contributed by atoms with Crippen LogP contribution in [-0.2, 0) is 0 Å². The fourth-order valence-electron chi connectivity index (χ4n) is 2.08. The average Bonchev–Trinajstić information content (AvgIpc) is 3.21. The van der Waals surface area contributed by atoms with Gasteiger partial charge >= 0.3 is 0 Å². The molecule has 2 aromatic heterocycles. The van der Waals surface area contributed by atoms with Crippen LogP contribution in [0.25, 0.3) is 5.82 Å². The number of hydrogen-bond acceptors (Lipinski definition) is 11. The summed E-state index contributed by atoms with van der Waals surface area (Å²) >= 11 is 0. The number of nitrogens with two attached hydrogens (primary N) is 1. The van der Waals surface area contributed by atoms with Crippen LogP contribution in [0.3, 0.4) is 0 Å². The molecule has 14 heteroatoms. The number of hydrazone groups is 1. The third-order valence-corrected chi connectivity index (χ3v) is 3.34. The maximum atomic E-state index is 12.4. The molecule has 0 bridgehead atoms. The predicted molar refractivity (Wildman–Crippen MR) is 88.2 cm³/mol. The molecule has 2 heterocycles. The Bertz CT molecular complexity index is 1050. The number of nitro groups is 1. The monoisotopic (exact) mass is 373 g/mol. The molecule has 138 valence electrons. The van der Waals surface area contributed by atoms with Gasteiger partial charge in [-0.15, -0.1) is 5.10 Å². The van der Waals surface area contributed by atoms with Gasteiger partial charge in [0.05, 0.1) is 16.8 Å². The summed E-state index contributed by atoms with van der Waals surface area (Å²) in [6.45, 7) is 1.53. The van der Waals surface area contributed by atoms with Crippen molar-refractivity contribution in [1.29, 1.82) is 0 Å². The molecule has 0 atom stereocenters. The molecule has 0 spiro atoms. The molecule has 27 heavy (non-hydrogen) atoms. The number of aryl methyl sites for hydroxylation is 1. The van der Waals surface area contributed by atoms with Gasteiger partial charge in [0, 0.05) is 17.7 Å². The Balaban J connectivity index is 1.83. The van der Waals surface area contributed by atoms with Crippen molar-refractivity contribution < 1.29 is 19.5 Å². The van der Waals surface area contributed by atoms with Crippen molar-refractivity contribution in [1.82, 2.24) is 30.7 Å². The maximum Gasteiger partial charge on any atom is 0.292 e. The lowest BCUT2D eigenvalue weighted by molar-refractivity contribution is -0.384. The summed E-state index contributed by atoms with van der Waals surface area (Å²) in [6, 6.07) is 3.38. The number of nitrogens with zero attached hydrogens (tertiary/aromatic N) is 7. The number of aromatic nitrogens is 5. The number of carbonyl (C=O) groups is 1. The first kappa shape index (κ1) is 17.5. The standard InChI is InChI=1S/C13H11N9O5/c1-6-10(21(20-16-6)12-11(14)18-27-19-12)13(24)17-15-5-7-4-8(22(25)26)2-3-9(7)23/h2-5,23H,1H3,(H2,14,18)(H,17,24). The third-order valence-electron chi connectivity index (χ3n) is 3.34. The highest BCUT2D eigenvalue weighted by atomic mass is 16.6. The number of phenols is 1. The molecule has 14 nitrogen and oxygen atoms in total. The Kier molecular flexibility index (Phi) is 4.44. The van der Waals surface area contributed by atoms with Crippen LogP contribution in [0.5, 0.6) is 5.75 Å². The van der Waals surface area contributed by atoms with Gasteiger partial charge in [-0.05, 0) is 23.3 Å². The number of non-ortho nitro benzene ring substituents is 1. The molecule has 0 aliphatic carbocycles. The van der Waals surface area contributed by atoms with Gasteiger partial charge in [-0.2, -0.15) is 9.78 Å². The Morgan fingerprint density at radius 3 is 2.93 bits per heavy atom. The topological polar surface area (TPSA) is 200 Å². The zero-order valence-electron chi connectivity index (χ0n) is 13.6. The van der Waals surface area contributed by atoms with E-state index in [9.17, 15) is 20.0 Å². The van der Waals surface area contributed by atoms with Gasteiger partial charge in [0.25, 0.3) is 11.6 Å². The Morgan fingerprint density at radius 1 is 1.48 bits per heavy atom. The zero-order valence-corrected chi connectivity index (χ0v) is 13.6. The Morgan fingerprint density at radius 2 is 2.26 bits per heavy atom. The SMILES string of the molecule is Cc1nnn(-c2nonc2N)c1C(=O)NN=Cc1cc([N+](=O)[O-])ccc1O. The van der Waals surface area contributed by atoms with Crippen molar-refractivity contribution in [2.75, 3.05) is 5.73 Å². The fourth-order valence-corrected chi connectivity index (χ4v) is 2.08. The molecule has 0 radical (unpaired) electrons. The van der Waals surface area contributed by atoms with Gasteiger partial charge < -0.3 is 10.8 Å². The van der Waals surface area contributed by atoms with Crippen LogP contribution in [0.15, 0.2) is 27.9 Å². The molecule has 3 aromatic rings. The van der Waals surface area contributed by atoms with Crippen LogP contribution < -0.4 is 11.2 Å². The molecule has 0 fully saturated rings. The quantitative estimate of drug-likeness (QED) is 0.308. The highest BCUT2D eigenvalue weighted by Crippen LogP contribution is 2.21. The first-order valence-corrected chi connectivity index (χ1v) is 7.20. The Labute approximate surface area is 149 Å². The van der Waals surface area contributed by atoms with E-state index >= 15 is 0 Å². The normalized spacial score (nSPS) is 11.0. The zero-order chi connectivity index (χ0) is 19.6. The summed E-state index contributed by atoms with van der Waals surface area (Å²) < 4.78 is 5.49. The third kappa shape index (κ3) is 3.39. The van der Waals surface area contributed by atoms with E-state index in [1.54, 1.807) is 0 Å². The minimum absolute atomic E-state index is 0.0268. The molecule has 1 amide bonds. The largest absolute Gasteiger partial charge is 0.507 e. The lowest BCUT2D eigenvalue weighted by atomic mass is 10.2. The van der Waals surface area contributed by atoms with Crippen LogP contribution in [-0.4, -0.2) is 47.5 Å². The van der Waals surface area contributed by atoms with E-state index in [1.165, 1.54) is 6.92 Å². The van der Waals surface area contributed by atoms with Gasteiger partial charge in [-0.1, -0.05) is 5.21 Å². The van der Waals surface area contributed by atoms with Crippen molar-refractivity contribution in [2.45, 2.75) is 6.92 Å². The Hall–Kier alpha value is -4.36. The number of carbonyl (C=O) groups excluding carboxylic acids is 1. The number of amides is 1. The lowest BCUT2D eigenvalue weighted by Crippen LogP contribution is -2.22. The second-order valence-electron chi connectivity index (χ2n) is 5.11. The number of nitrogen functional groups attached to an aromatic ring is 1. The number of nitro benzene ring substituents is 1. The molecule has 1 aromatic carbocycles. The highest BCUT2D eigenvalue weighted by Gasteiger charge is 2.22. The van der Waals surface area contributed by atoms with E-state index < -0.39 is 10.8 Å². The van der Waals surface area contributed by atoms with Crippen LogP contribution >= 0.6 is 0 Å². The minimum atomic E-state index is -0.721. The van der Waals surface area contributed by atoms with E-state index in [1.807, 2.05) is 0 Å². The van der Waals surface area contributed by atoms with Crippen molar-refractivity contribution in [3.63, 3.8) is 0 Å². The maximum absolute atomic E-state index is 12.4.